The normalized spacial score (nSPS) is 29.7. The quantitative estimate of drug-likeness (QED) is 0.909. The molecule has 2 heterocycles. The smallest absolute Gasteiger partial charge is 0.415 e. The lowest BCUT2D eigenvalue weighted by atomic mass is 9.73. The van der Waals surface area contributed by atoms with E-state index in [-0.39, 0.29) is 11.3 Å². The van der Waals surface area contributed by atoms with Crippen molar-refractivity contribution in [2.45, 2.75) is 32.7 Å². The lowest BCUT2D eigenvalue weighted by molar-refractivity contribution is -0.133. The molecule has 2 bridgehead atoms. The standard InChI is InChI=1S/C18H21NO4/c1-12-10-14(16(20)21)15-8-9-18(12,2)11-19(15)17(22)23-13-6-4-3-5-7-13/h3-7,10,12,15H,8-9,11H2,1-2H3,(H,20,21). The number of allylic oxidation sites excluding steroid dienone is 1. The number of carbonyl (C=O) groups is 2. The molecule has 3 aliphatic rings. The van der Waals surface area contributed by atoms with E-state index in [1.165, 1.54) is 0 Å². The first-order valence-corrected chi connectivity index (χ1v) is 7.89. The van der Waals surface area contributed by atoms with Gasteiger partial charge in [-0.2, -0.15) is 0 Å². The van der Waals surface area contributed by atoms with E-state index in [0.717, 1.165) is 6.42 Å². The third-order valence-electron chi connectivity index (χ3n) is 5.21. The molecule has 0 radical (unpaired) electrons. The molecule has 0 spiro atoms. The number of para-hydroxylation sites is 1. The second-order valence-corrected chi connectivity index (χ2v) is 6.73. The van der Waals surface area contributed by atoms with Gasteiger partial charge in [0.25, 0.3) is 0 Å². The zero-order valence-corrected chi connectivity index (χ0v) is 13.4. The van der Waals surface area contributed by atoms with E-state index in [9.17, 15) is 14.7 Å². The Kier molecular flexibility index (Phi) is 3.88. The number of hydrogen-bond acceptors (Lipinski definition) is 3. The summed E-state index contributed by atoms with van der Waals surface area (Å²) in [6.07, 6.45) is 2.90. The molecule has 122 valence electrons. The molecule has 0 saturated carbocycles. The molecule has 1 aliphatic carbocycles. The number of rotatable bonds is 2. The lowest BCUT2D eigenvalue weighted by Gasteiger charge is -2.44. The predicted octanol–water partition coefficient (Wildman–Crippen LogP) is 3.32. The minimum Gasteiger partial charge on any atom is -0.478 e. The van der Waals surface area contributed by atoms with Gasteiger partial charge >= 0.3 is 12.1 Å². The molecule has 1 aromatic rings. The summed E-state index contributed by atoms with van der Waals surface area (Å²) in [5.74, 6) is -0.379. The maximum atomic E-state index is 12.6. The van der Waals surface area contributed by atoms with Crippen LogP contribution in [0, 0.1) is 11.3 Å². The van der Waals surface area contributed by atoms with Gasteiger partial charge in [-0.1, -0.05) is 38.1 Å². The number of nitrogens with zero attached hydrogens (tertiary/aromatic N) is 1. The highest BCUT2D eigenvalue weighted by Gasteiger charge is 2.47. The first kappa shape index (κ1) is 15.6. The number of hydrogen-bond donors (Lipinski definition) is 1. The van der Waals surface area contributed by atoms with Crippen LogP contribution in [0.4, 0.5) is 4.79 Å². The Labute approximate surface area is 135 Å². The van der Waals surface area contributed by atoms with Crippen molar-refractivity contribution in [3.05, 3.63) is 42.0 Å². The molecule has 2 aliphatic heterocycles. The van der Waals surface area contributed by atoms with Gasteiger partial charge in [0, 0.05) is 6.54 Å². The lowest BCUT2D eigenvalue weighted by Crippen LogP contribution is -2.52. The number of fused-ring (bicyclic) bond motifs is 3. The van der Waals surface area contributed by atoms with Crippen molar-refractivity contribution in [2.24, 2.45) is 11.3 Å². The molecule has 3 atom stereocenters. The summed E-state index contributed by atoms with van der Waals surface area (Å²) in [7, 11) is 0. The largest absolute Gasteiger partial charge is 0.478 e. The van der Waals surface area contributed by atoms with Gasteiger partial charge in [-0.05, 0) is 36.3 Å². The van der Waals surface area contributed by atoms with Crippen LogP contribution in [0.15, 0.2) is 42.0 Å². The van der Waals surface area contributed by atoms with Gasteiger partial charge in [-0.25, -0.2) is 9.59 Å². The maximum Gasteiger partial charge on any atom is 0.415 e. The molecule has 5 heteroatoms. The minimum absolute atomic E-state index is 0.105. The number of benzene rings is 1. The fourth-order valence-corrected chi connectivity index (χ4v) is 3.53. The maximum absolute atomic E-state index is 12.6. The second kappa shape index (κ2) is 5.72. The Balaban J connectivity index is 1.89. The number of piperidine rings is 1. The van der Waals surface area contributed by atoms with Crippen LogP contribution >= 0.6 is 0 Å². The molecule has 0 aromatic heterocycles. The predicted molar refractivity (Wildman–Crippen MR) is 85.2 cm³/mol. The van der Waals surface area contributed by atoms with E-state index >= 15 is 0 Å². The SMILES string of the molecule is CC1C=C(C(=O)O)C2CCC1(C)CN2C(=O)Oc1ccccc1. The van der Waals surface area contributed by atoms with Crippen LogP contribution in [-0.4, -0.2) is 34.7 Å². The molecule has 5 nitrogen and oxygen atoms in total. The van der Waals surface area contributed by atoms with Crippen LogP contribution in [0.1, 0.15) is 26.7 Å². The molecule has 4 rings (SSSR count). The molecule has 1 N–H and O–H groups in total. The first-order chi connectivity index (χ1) is 10.9. The van der Waals surface area contributed by atoms with Crippen molar-refractivity contribution in [3.63, 3.8) is 0 Å². The zero-order chi connectivity index (χ0) is 16.6. The van der Waals surface area contributed by atoms with Crippen molar-refractivity contribution in [2.75, 3.05) is 6.54 Å². The third-order valence-corrected chi connectivity index (χ3v) is 5.21. The minimum atomic E-state index is -0.953. The van der Waals surface area contributed by atoms with Gasteiger partial charge in [0.15, 0.2) is 0 Å². The van der Waals surface area contributed by atoms with Crippen LogP contribution < -0.4 is 4.74 Å². The molecular formula is C18H21NO4. The van der Waals surface area contributed by atoms with Crippen molar-refractivity contribution in [1.82, 2.24) is 4.90 Å². The second-order valence-electron chi connectivity index (χ2n) is 6.73. The monoisotopic (exact) mass is 315 g/mol. The number of carboxylic acid groups (broad SMARTS) is 1. The van der Waals surface area contributed by atoms with Crippen LogP contribution in [-0.2, 0) is 4.79 Å². The van der Waals surface area contributed by atoms with Crippen LogP contribution in [0.5, 0.6) is 5.75 Å². The van der Waals surface area contributed by atoms with Crippen LogP contribution in [0.25, 0.3) is 0 Å². The van der Waals surface area contributed by atoms with E-state index in [4.69, 9.17) is 4.74 Å². The molecule has 1 aromatic carbocycles. The molecule has 1 saturated heterocycles. The fourth-order valence-electron chi connectivity index (χ4n) is 3.53. The van der Waals surface area contributed by atoms with E-state index in [2.05, 4.69) is 6.92 Å². The average molecular weight is 315 g/mol. The Morgan fingerprint density at radius 3 is 2.65 bits per heavy atom. The van der Waals surface area contributed by atoms with Crippen molar-refractivity contribution in [1.29, 1.82) is 0 Å². The summed E-state index contributed by atoms with van der Waals surface area (Å²) in [5.41, 5.74) is 0.187. The van der Waals surface area contributed by atoms with Gasteiger partial charge in [0.2, 0.25) is 0 Å². The van der Waals surface area contributed by atoms with Crippen molar-refractivity contribution < 1.29 is 19.4 Å². The topological polar surface area (TPSA) is 66.8 Å². The molecule has 1 fully saturated rings. The summed E-state index contributed by atoms with van der Waals surface area (Å²) in [4.78, 5) is 25.8. The van der Waals surface area contributed by atoms with Crippen LogP contribution in [0.3, 0.4) is 0 Å². The summed E-state index contributed by atoms with van der Waals surface area (Å²) < 4.78 is 5.44. The fraction of sp³-hybridized carbons (Fsp3) is 0.444. The number of ether oxygens (including phenoxy) is 1. The molecule has 23 heavy (non-hydrogen) atoms. The zero-order valence-electron chi connectivity index (χ0n) is 13.4. The number of carboxylic acids is 1. The van der Waals surface area contributed by atoms with Crippen LogP contribution in [0.2, 0.25) is 0 Å². The Morgan fingerprint density at radius 2 is 2.00 bits per heavy atom. The summed E-state index contributed by atoms with van der Waals surface area (Å²) >= 11 is 0. The average Bonchev–Trinajstić information content (AvgIpc) is 2.72. The van der Waals surface area contributed by atoms with Crippen molar-refractivity contribution >= 4 is 12.1 Å². The van der Waals surface area contributed by atoms with Crippen molar-refractivity contribution in [3.8, 4) is 5.75 Å². The van der Waals surface area contributed by atoms with Gasteiger partial charge in [-0.3, -0.25) is 4.90 Å². The highest BCUT2D eigenvalue weighted by molar-refractivity contribution is 5.89. The van der Waals surface area contributed by atoms with E-state index in [1.54, 1.807) is 29.2 Å². The molecular weight excluding hydrogens is 294 g/mol. The van der Waals surface area contributed by atoms with E-state index < -0.39 is 18.1 Å². The Bertz CT molecular complexity index is 654. The molecule has 1 amide bonds. The van der Waals surface area contributed by atoms with Gasteiger partial charge in [0.05, 0.1) is 11.6 Å². The highest BCUT2D eigenvalue weighted by atomic mass is 16.6. The number of amides is 1. The Hall–Kier alpha value is -2.30. The van der Waals surface area contributed by atoms with E-state index in [0.29, 0.717) is 24.3 Å². The van der Waals surface area contributed by atoms with Gasteiger partial charge in [0.1, 0.15) is 5.75 Å². The third kappa shape index (κ3) is 2.83. The number of carbonyl (C=O) groups excluding carboxylic acids is 1. The Morgan fingerprint density at radius 1 is 1.30 bits per heavy atom. The highest BCUT2D eigenvalue weighted by Crippen LogP contribution is 2.45. The number of aliphatic carboxylic acids is 1. The summed E-state index contributed by atoms with van der Waals surface area (Å²) in [6.45, 7) is 4.65. The summed E-state index contributed by atoms with van der Waals surface area (Å²) in [5, 5.41) is 9.53. The first-order valence-electron chi connectivity index (χ1n) is 7.89. The molecule has 3 unspecified atom stereocenters. The van der Waals surface area contributed by atoms with Gasteiger partial charge < -0.3 is 9.84 Å². The summed E-state index contributed by atoms with van der Waals surface area (Å²) in [6, 6.07) is 8.45. The van der Waals surface area contributed by atoms with Gasteiger partial charge in [-0.15, -0.1) is 0 Å². The van der Waals surface area contributed by atoms with E-state index in [1.807, 2.05) is 19.1 Å².